The average Bonchev–Trinajstić information content (AvgIpc) is 2.47. The number of esters is 1. The molecule has 0 amide bonds. The number of nitrogens with two attached hydrogens (primary N) is 1. The predicted octanol–water partition coefficient (Wildman–Crippen LogP) is 2.91. The van der Waals surface area contributed by atoms with Crippen LogP contribution in [0.5, 0.6) is 0 Å². The number of hydrogen-bond donors (Lipinski definition) is 1. The normalized spacial score (nSPS) is 10.2. The molecule has 4 nitrogen and oxygen atoms in total. The summed E-state index contributed by atoms with van der Waals surface area (Å²) in [5.41, 5.74) is 8.53. The summed E-state index contributed by atoms with van der Waals surface area (Å²) >= 11 is 0. The lowest BCUT2D eigenvalue weighted by Gasteiger charge is -2.09. The van der Waals surface area contributed by atoms with Gasteiger partial charge in [-0.05, 0) is 24.1 Å². The highest BCUT2D eigenvalue weighted by molar-refractivity contribution is 5.95. The van der Waals surface area contributed by atoms with Gasteiger partial charge in [0.25, 0.3) is 0 Å². The second-order valence-electron chi connectivity index (χ2n) is 4.42. The molecule has 0 heterocycles. The fourth-order valence-electron chi connectivity index (χ4n) is 1.77. The molecule has 0 unspecified atom stereocenters. The minimum absolute atomic E-state index is 0.0961. The summed E-state index contributed by atoms with van der Waals surface area (Å²) in [4.78, 5) is 11.8. The number of nitrogen functional groups attached to an aromatic ring is 1. The van der Waals surface area contributed by atoms with Gasteiger partial charge in [-0.2, -0.15) is 0 Å². The molecule has 0 spiro atoms. The standard InChI is InChI=1S/C16H17NO3/c1-12-6-5-9-14(15(12)17)16(18)20-11-19-10-13-7-3-2-4-8-13/h2-9H,10-11,17H2,1H3. The molecule has 2 aromatic rings. The quantitative estimate of drug-likeness (QED) is 0.393. The highest BCUT2D eigenvalue weighted by Gasteiger charge is 2.12. The molecule has 4 heteroatoms. The van der Waals surface area contributed by atoms with Crippen molar-refractivity contribution in [2.45, 2.75) is 13.5 Å². The van der Waals surface area contributed by atoms with Gasteiger partial charge in [0.05, 0.1) is 12.2 Å². The molecular weight excluding hydrogens is 254 g/mol. The van der Waals surface area contributed by atoms with Crippen molar-refractivity contribution >= 4 is 11.7 Å². The number of hydrogen-bond acceptors (Lipinski definition) is 4. The van der Waals surface area contributed by atoms with E-state index in [1.807, 2.05) is 43.3 Å². The predicted molar refractivity (Wildman–Crippen MR) is 77.1 cm³/mol. The average molecular weight is 271 g/mol. The van der Waals surface area contributed by atoms with Crippen LogP contribution in [-0.4, -0.2) is 12.8 Å². The van der Waals surface area contributed by atoms with Crippen molar-refractivity contribution in [1.29, 1.82) is 0 Å². The second kappa shape index (κ2) is 6.73. The van der Waals surface area contributed by atoms with Crippen LogP contribution in [0.2, 0.25) is 0 Å². The number of carbonyl (C=O) groups excluding carboxylic acids is 1. The van der Waals surface area contributed by atoms with Crippen LogP contribution in [0.15, 0.2) is 48.5 Å². The number of carbonyl (C=O) groups is 1. The van der Waals surface area contributed by atoms with Gasteiger partial charge in [0.1, 0.15) is 0 Å². The van der Waals surface area contributed by atoms with E-state index in [1.165, 1.54) is 0 Å². The van der Waals surface area contributed by atoms with E-state index in [4.69, 9.17) is 15.2 Å². The smallest absolute Gasteiger partial charge is 0.342 e. The largest absolute Gasteiger partial charge is 0.435 e. The Morgan fingerprint density at radius 1 is 1.10 bits per heavy atom. The lowest BCUT2D eigenvalue weighted by molar-refractivity contribution is -0.0380. The first kappa shape index (κ1) is 14.1. The Labute approximate surface area is 118 Å². The van der Waals surface area contributed by atoms with Crippen LogP contribution in [0, 0.1) is 6.92 Å². The summed E-state index contributed by atoms with van der Waals surface area (Å²) in [6.07, 6.45) is 0. The van der Waals surface area contributed by atoms with Gasteiger partial charge >= 0.3 is 5.97 Å². The van der Waals surface area contributed by atoms with E-state index in [9.17, 15) is 4.79 Å². The highest BCUT2D eigenvalue weighted by Crippen LogP contribution is 2.17. The van der Waals surface area contributed by atoms with Crippen LogP contribution < -0.4 is 5.73 Å². The van der Waals surface area contributed by atoms with Gasteiger partial charge in [0.2, 0.25) is 0 Å². The molecule has 0 aliphatic rings. The summed E-state index contributed by atoms with van der Waals surface area (Å²) in [7, 11) is 0. The van der Waals surface area contributed by atoms with Crippen LogP contribution in [0.1, 0.15) is 21.5 Å². The molecule has 0 atom stereocenters. The maximum absolute atomic E-state index is 11.8. The maximum Gasteiger partial charge on any atom is 0.342 e. The van der Waals surface area contributed by atoms with Gasteiger partial charge in [-0.3, -0.25) is 0 Å². The molecular formula is C16H17NO3. The first-order valence-electron chi connectivity index (χ1n) is 6.32. The third-order valence-corrected chi connectivity index (χ3v) is 2.93. The molecule has 104 valence electrons. The van der Waals surface area contributed by atoms with Gasteiger partial charge in [-0.1, -0.05) is 42.5 Å². The van der Waals surface area contributed by atoms with Crippen molar-refractivity contribution in [2.24, 2.45) is 0 Å². The van der Waals surface area contributed by atoms with Gasteiger partial charge < -0.3 is 15.2 Å². The van der Waals surface area contributed by atoms with Gasteiger partial charge in [-0.25, -0.2) is 4.79 Å². The molecule has 0 aliphatic carbocycles. The molecule has 2 N–H and O–H groups in total. The zero-order valence-electron chi connectivity index (χ0n) is 11.3. The topological polar surface area (TPSA) is 61.5 Å². The van der Waals surface area contributed by atoms with Gasteiger partial charge in [-0.15, -0.1) is 0 Å². The number of ether oxygens (including phenoxy) is 2. The Morgan fingerprint density at radius 2 is 1.85 bits per heavy atom. The van der Waals surface area contributed by atoms with Crippen molar-refractivity contribution in [2.75, 3.05) is 12.5 Å². The Bertz CT molecular complexity index is 582. The lowest BCUT2D eigenvalue weighted by Crippen LogP contribution is -2.11. The zero-order chi connectivity index (χ0) is 14.4. The summed E-state index contributed by atoms with van der Waals surface area (Å²) in [5.74, 6) is -0.473. The Balaban J connectivity index is 1.82. The van der Waals surface area contributed by atoms with E-state index in [2.05, 4.69) is 0 Å². The van der Waals surface area contributed by atoms with Crippen molar-refractivity contribution < 1.29 is 14.3 Å². The minimum atomic E-state index is -0.473. The first-order chi connectivity index (χ1) is 9.68. The summed E-state index contributed by atoms with van der Waals surface area (Å²) in [6.45, 7) is 2.15. The van der Waals surface area contributed by atoms with Crippen molar-refractivity contribution in [3.63, 3.8) is 0 Å². The van der Waals surface area contributed by atoms with Gasteiger partial charge in [0.15, 0.2) is 6.79 Å². The SMILES string of the molecule is Cc1cccc(C(=O)OCOCc2ccccc2)c1N. The highest BCUT2D eigenvalue weighted by atomic mass is 16.7. The Hall–Kier alpha value is -2.33. The summed E-state index contributed by atoms with van der Waals surface area (Å²) in [6, 6.07) is 14.9. The maximum atomic E-state index is 11.8. The van der Waals surface area contributed by atoms with Gasteiger partial charge in [0, 0.05) is 5.69 Å². The molecule has 20 heavy (non-hydrogen) atoms. The van der Waals surface area contributed by atoms with Crippen LogP contribution in [0.3, 0.4) is 0 Å². The number of aryl methyl sites for hydroxylation is 1. The van der Waals surface area contributed by atoms with E-state index >= 15 is 0 Å². The Morgan fingerprint density at radius 3 is 2.60 bits per heavy atom. The van der Waals surface area contributed by atoms with E-state index < -0.39 is 5.97 Å². The molecule has 0 fully saturated rings. The number of para-hydroxylation sites is 1. The van der Waals surface area contributed by atoms with Crippen LogP contribution >= 0.6 is 0 Å². The molecule has 0 saturated carbocycles. The van der Waals surface area contributed by atoms with Crippen LogP contribution in [-0.2, 0) is 16.1 Å². The minimum Gasteiger partial charge on any atom is -0.435 e. The molecule has 0 saturated heterocycles. The lowest BCUT2D eigenvalue weighted by atomic mass is 10.1. The third kappa shape index (κ3) is 3.59. The van der Waals surface area contributed by atoms with E-state index in [0.717, 1.165) is 11.1 Å². The summed E-state index contributed by atoms with van der Waals surface area (Å²) < 4.78 is 10.3. The zero-order valence-corrected chi connectivity index (χ0v) is 11.3. The number of benzene rings is 2. The monoisotopic (exact) mass is 271 g/mol. The molecule has 0 aliphatic heterocycles. The first-order valence-corrected chi connectivity index (χ1v) is 6.32. The third-order valence-electron chi connectivity index (χ3n) is 2.93. The molecule has 0 radical (unpaired) electrons. The molecule has 0 bridgehead atoms. The number of anilines is 1. The van der Waals surface area contributed by atoms with Crippen LogP contribution in [0.25, 0.3) is 0 Å². The molecule has 0 aromatic heterocycles. The Kier molecular flexibility index (Phi) is 4.74. The van der Waals surface area contributed by atoms with Crippen molar-refractivity contribution in [3.8, 4) is 0 Å². The number of rotatable bonds is 5. The van der Waals surface area contributed by atoms with E-state index in [-0.39, 0.29) is 6.79 Å². The van der Waals surface area contributed by atoms with Crippen LogP contribution in [0.4, 0.5) is 5.69 Å². The molecule has 2 aromatic carbocycles. The van der Waals surface area contributed by atoms with E-state index in [0.29, 0.717) is 17.9 Å². The fraction of sp³-hybridized carbons (Fsp3) is 0.188. The second-order valence-corrected chi connectivity index (χ2v) is 4.42. The van der Waals surface area contributed by atoms with Crippen molar-refractivity contribution in [3.05, 3.63) is 65.2 Å². The fourth-order valence-corrected chi connectivity index (χ4v) is 1.77. The summed E-state index contributed by atoms with van der Waals surface area (Å²) in [5, 5.41) is 0. The van der Waals surface area contributed by atoms with E-state index in [1.54, 1.807) is 12.1 Å². The van der Waals surface area contributed by atoms with Crippen molar-refractivity contribution in [1.82, 2.24) is 0 Å². The molecule has 2 rings (SSSR count).